The third-order valence-electron chi connectivity index (χ3n) is 4.55. The molecule has 0 amide bonds. The maximum Gasteiger partial charge on any atom is 0.342 e. The Bertz CT molecular complexity index is 1390. The predicted octanol–water partition coefficient (Wildman–Crippen LogP) is 6.66. The second-order valence-corrected chi connectivity index (χ2v) is 8.97. The molecular formula is C21H14ClN3O3S2. The zero-order valence-corrected chi connectivity index (χ0v) is 18.2. The van der Waals surface area contributed by atoms with Crippen LogP contribution in [0.5, 0.6) is 0 Å². The van der Waals surface area contributed by atoms with Crippen molar-refractivity contribution in [1.82, 2.24) is 9.97 Å². The van der Waals surface area contributed by atoms with Crippen LogP contribution in [0.15, 0.2) is 46.9 Å². The summed E-state index contributed by atoms with van der Waals surface area (Å²) in [5.41, 5.74) is 2.60. The molecule has 5 rings (SSSR count). The van der Waals surface area contributed by atoms with Crippen LogP contribution in [-0.2, 0) is 4.74 Å². The van der Waals surface area contributed by atoms with Gasteiger partial charge in [0.25, 0.3) is 0 Å². The van der Waals surface area contributed by atoms with Crippen molar-refractivity contribution >= 4 is 71.7 Å². The number of thiazole rings is 2. The van der Waals surface area contributed by atoms with Crippen molar-refractivity contribution < 1.29 is 13.9 Å². The van der Waals surface area contributed by atoms with Gasteiger partial charge in [-0.25, -0.2) is 14.8 Å². The first kappa shape index (κ1) is 19.0. The zero-order chi connectivity index (χ0) is 20.8. The summed E-state index contributed by atoms with van der Waals surface area (Å²) in [7, 11) is 1.35. The summed E-state index contributed by atoms with van der Waals surface area (Å²) in [6, 6.07) is 13.3. The summed E-state index contributed by atoms with van der Waals surface area (Å²) in [5, 5.41) is 5.16. The van der Waals surface area contributed by atoms with Crippen molar-refractivity contribution in [2.24, 2.45) is 0 Å². The SMILES string of the molecule is COC(=O)c1c(C)oc(Nc2nc3ccc(Cl)cc3s2)c1-c1nc2ccccc2s1. The molecule has 5 aromatic rings. The number of aromatic nitrogens is 2. The fourth-order valence-corrected chi connectivity index (χ4v) is 5.36. The van der Waals surface area contributed by atoms with E-state index >= 15 is 0 Å². The van der Waals surface area contributed by atoms with E-state index in [0.29, 0.717) is 37.9 Å². The number of esters is 1. The molecular weight excluding hydrogens is 442 g/mol. The Hall–Kier alpha value is -2.94. The molecule has 0 spiro atoms. The minimum absolute atomic E-state index is 0.350. The van der Waals surface area contributed by atoms with Gasteiger partial charge in [-0.1, -0.05) is 35.1 Å². The highest BCUT2D eigenvalue weighted by Gasteiger charge is 2.28. The van der Waals surface area contributed by atoms with Gasteiger partial charge in [-0.3, -0.25) is 0 Å². The monoisotopic (exact) mass is 455 g/mol. The number of nitrogens with zero attached hydrogens (tertiary/aromatic N) is 2. The summed E-state index contributed by atoms with van der Waals surface area (Å²) < 4.78 is 12.9. The predicted molar refractivity (Wildman–Crippen MR) is 121 cm³/mol. The molecule has 0 radical (unpaired) electrons. The number of methoxy groups -OCH3 is 1. The van der Waals surface area contributed by atoms with E-state index < -0.39 is 5.97 Å². The van der Waals surface area contributed by atoms with Gasteiger partial charge in [0, 0.05) is 5.02 Å². The highest BCUT2D eigenvalue weighted by molar-refractivity contribution is 7.22. The van der Waals surface area contributed by atoms with E-state index in [9.17, 15) is 4.79 Å². The van der Waals surface area contributed by atoms with Crippen molar-refractivity contribution in [1.29, 1.82) is 0 Å². The number of benzene rings is 2. The van der Waals surface area contributed by atoms with Crippen LogP contribution in [0.3, 0.4) is 0 Å². The van der Waals surface area contributed by atoms with Crippen LogP contribution in [0.25, 0.3) is 31.0 Å². The fraction of sp³-hybridized carbons (Fsp3) is 0.0952. The normalized spacial score (nSPS) is 11.3. The molecule has 6 nitrogen and oxygen atoms in total. The van der Waals surface area contributed by atoms with Gasteiger partial charge in [0.15, 0.2) is 5.13 Å². The van der Waals surface area contributed by atoms with E-state index in [0.717, 1.165) is 20.4 Å². The molecule has 0 aliphatic carbocycles. The van der Waals surface area contributed by atoms with E-state index in [1.165, 1.54) is 29.8 Å². The average molecular weight is 456 g/mol. The number of halogens is 1. The van der Waals surface area contributed by atoms with Crippen LogP contribution in [0, 0.1) is 6.92 Å². The zero-order valence-electron chi connectivity index (χ0n) is 15.9. The largest absolute Gasteiger partial charge is 0.465 e. The number of hydrogen-bond donors (Lipinski definition) is 1. The Morgan fingerprint density at radius 3 is 2.70 bits per heavy atom. The smallest absolute Gasteiger partial charge is 0.342 e. The van der Waals surface area contributed by atoms with Gasteiger partial charge in [-0.2, -0.15) is 0 Å². The molecule has 0 saturated carbocycles. The minimum Gasteiger partial charge on any atom is -0.465 e. The molecule has 0 bridgehead atoms. The molecule has 1 N–H and O–H groups in total. The standard InChI is InChI=1S/C21H14ClN3O3S2/c1-10-16(20(26)27-2)17(19-23-12-5-3-4-6-14(12)29-19)18(28-10)25-21-24-13-8-7-11(22)9-15(13)30-21/h3-9H,1-2H3,(H,24,25). The number of carbonyl (C=O) groups is 1. The summed E-state index contributed by atoms with van der Waals surface area (Å²) >= 11 is 9.02. The summed E-state index contributed by atoms with van der Waals surface area (Å²) in [5.74, 6) is 0.370. The number of para-hydroxylation sites is 1. The third kappa shape index (κ3) is 3.23. The molecule has 0 aliphatic rings. The van der Waals surface area contributed by atoms with Gasteiger partial charge in [0.05, 0.1) is 33.1 Å². The lowest BCUT2D eigenvalue weighted by molar-refractivity contribution is 0.0599. The first-order chi connectivity index (χ1) is 14.5. The van der Waals surface area contributed by atoms with E-state index in [1.54, 1.807) is 13.0 Å². The van der Waals surface area contributed by atoms with Gasteiger partial charge in [-0.15, -0.1) is 11.3 Å². The molecule has 3 aromatic heterocycles. The lowest BCUT2D eigenvalue weighted by atomic mass is 10.1. The van der Waals surface area contributed by atoms with E-state index in [-0.39, 0.29) is 0 Å². The molecule has 3 heterocycles. The third-order valence-corrected chi connectivity index (χ3v) is 6.78. The number of hydrogen-bond acceptors (Lipinski definition) is 8. The molecule has 0 aliphatic heterocycles. The topological polar surface area (TPSA) is 77.2 Å². The second-order valence-electron chi connectivity index (χ2n) is 6.47. The fourth-order valence-electron chi connectivity index (χ4n) is 3.21. The number of nitrogens with one attached hydrogen (secondary N) is 1. The van der Waals surface area contributed by atoms with E-state index in [1.807, 2.05) is 36.4 Å². The minimum atomic E-state index is -0.477. The molecule has 30 heavy (non-hydrogen) atoms. The van der Waals surface area contributed by atoms with Crippen molar-refractivity contribution in [3.8, 4) is 10.6 Å². The lowest BCUT2D eigenvalue weighted by Crippen LogP contribution is -2.03. The van der Waals surface area contributed by atoms with Crippen LogP contribution in [0.1, 0.15) is 16.1 Å². The Balaban J connectivity index is 1.66. The van der Waals surface area contributed by atoms with Gasteiger partial charge in [0.1, 0.15) is 16.3 Å². The van der Waals surface area contributed by atoms with Crippen LogP contribution in [-0.4, -0.2) is 23.0 Å². The van der Waals surface area contributed by atoms with Crippen LogP contribution in [0.2, 0.25) is 5.02 Å². The molecule has 9 heteroatoms. The second kappa shape index (κ2) is 7.39. The maximum absolute atomic E-state index is 12.5. The number of rotatable bonds is 4. The highest BCUT2D eigenvalue weighted by Crippen LogP contribution is 2.42. The maximum atomic E-state index is 12.5. The van der Waals surface area contributed by atoms with Gasteiger partial charge < -0.3 is 14.5 Å². The van der Waals surface area contributed by atoms with Gasteiger partial charge in [-0.05, 0) is 37.3 Å². The molecule has 2 aromatic carbocycles. The Labute approximate surface area is 184 Å². The van der Waals surface area contributed by atoms with Crippen molar-refractivity contribution in [3.63, 3.8) is 0 Å². The first-order valence-electron chi connectivity index (χ1n) is 8.94. The Morgan fingerprint density at radius 1 is 1.10 bits per heavy atom. The van der Waals surface area contributed by atoms with Gasteiger partial charge >= 0.3 is 5.97 Å². The number of aryl methyl sites for hydroxylation is 1. The average Bonchev–Trinajstić information content (AvgIpc) is 3.41. The van der Waals surface area contributed by atoms with Crippen LogP contribution in [0.4, 0.5) is 11.0 Å². The molecule has 0 saturated heterocycles. The van der Waals surface area contributed by atoms with Crippen molar-refractivity contribution in [3.05, 3.63) is 58.8 Å². The molecule has 150 valence electrons. The quantitative estimate of drug-likeness (QED) is 0.305. The van der Waals surface area contributed by atoms with Crippen LogP contribution >= 0.6 is 34.3 Å². The summed E-state index contributed by atoms with van der Waals surface area (Å²) in [6.45, 7) is 1.73. The van der Waals surface area contributed by atoms with E-state index in [2.05, 4.69) is 10.3 Å². The lowest BCUT2D eigenvalue weighted by Gasteiger charge is -2.03. The van der Waals surface area contributed by atoms with Crippen LogP contribution < -0.4 is 5.32 Å². The highest BCUT2D eigenvalue weighted by atomic mass is 35.5. The number of carbonyl (C=O) groups excluding carboxylic acids is 1. The Morgan fingerprint density at radius 2 is 1.90 bits per heavy atom. The van der Waals surface area contributed by atoms with Gasteiger partial charge in [0.2, 0.25) is 5.88 Å². The van der Waals surface area contributed by atoms with Crippen molar-refractivity contribution in [2.75, 3.05) is 12.4 Å². The van der Waals surface area contributed by atoms with Crippen molar-refractivity contribution in [2.45, 2.75) is 6.92 Å². The molecule has 0 fully saturated rings. The Kier molecular flexibility index (Phi) is 4.69. The van der Waals surface area contributed by atoms with E-state index in [4.69, 9.17) is 25.7 Å². The number of ether oxygens (including phenoxy) is 1. The number of anilines is 2. The summed E-state index contributed by atoms with van der Waals surface area (Å²) in [6.07, 6.45) is 0. The number of fused-ring (bicyclic) bond motifs is 2. The number of furan rings is 1. The molecule has 0 atom stereocenters. The first-order valence-corrected chi connectivity index (χ1v) is 11.0. The summed E-state index contributed by atoms with van der Waals surface area (Å²) in [4.78, 5) is 21.8. The molecule has 0 unspecified atom stereocenters.